The molecule has 2 fully saturated rings. The number of alkyl halides is 3. The van der Waals surface area contributed by atoms with E-state index < -0.39 is 24.3 Å². The van der Waals surface area contributed by atoms with Crippen molar-refractivity contribution in [1.82, 2.24) is 25.1 Å². The molecule has 1 spiro atoms. The molecule has 242 valence electrons. The summed E-state index contributed by atoms with van der Waals surface area (Å²) in [5.41, 5.74) is 7.53. The molecule has 2 aromatic carbocycles. The molecule has 0 radical (unpaired) electrons. The van der Waals surface area contributed by atoms with E-state index in [0.717, 1.165) is 0 Å². The summed E-state index contributed by atoms with van der Waals surface area (Å²) in [7, 11) is 0. The fourth-order valence-electron chi connectivity index (χ4n) is 6.18. The highest BCUT2D eigenvalue weighted by Gasteiger charge is 2.46. The van der Waals surface area contributed by atoms with Crippen molar-refractivity contribution in [2.24, 2.45) is 5.41 Å². The van der Waals surface area contributed by atoms with Crippen LogP contribution in [0.5, 0.6) is 5.88 Å². The summed E-state index contributed by atoms with van der Waals surface area (Å²) in [6, 6.07) is 11.8. The van der Waals surface area contributed by atoms with Crippen molar-refractivity contribution in [3.63, 3.8) is 0 Å². The van der Waals surface area contributed by atoms with E-state index in [2.05, 4.69) is 20.4 Å². The lowest BCUT2D eigenvalue weighted by Gasteiger charge is -2.39. The van der Waals surface area contributed by atoms with Crippen LogP contribution in [0.4, 0.5) is 24.9 Å². The molecule has 10 nitrogen and oxygen atoms in total. The van der Waals surface area contributed by atoms with Gasteiger partial charge in [0.2, 0.25) is 17.9 Å². The molecular formula is C31H30Cl2F3N7O3. The van der Waals surface area contributed by atoms with Crippen LogP contribution < -0.4 is 20.7 Å². The Hall–Kier alpha value is -4.07. The number of halogens is 5. The van der Waals surface area contributed by atoms with E-state index in [1.54, 1.807) is 43.5 Å². The molecule has 0 saturated carbocycles. The molecule has 4 N–H and O–H groups in total. The average molecular weight is 677 g/mol. The molecule has 2 atom stereocenters. The molecule has 6 rings (SSSR count). The van der Waals surface area contributed by atoms with Gasteiger partial charge in [-0.15, -0.1) is 0 Å². The maximum atomic E-state index is 14.8. The first-order valence-electron chi connectivity index (χ1n) is 14.5. The number of nitrogens with zero attached hydrogens (tertiary/aromatic N) is 5. The van der Waals surface area contributed by atoms with Crippen molar-refractivity contribution in [2.45, 2.75) is 44.5 Å². The Bertz CT molecular complexity index is 1760. The normalized spacial score (nSPS) is 18.6. The number of benzene rings is 2. The smallest absolute Gasteiger partial charge is 0.429 e. The van der Waals surface area contributed by atoms with E-state index in [0.29, 0.717) is 71.6 Å². The van der Waals surface area contributed by atoms with Gasteiger partial charge in [-0.25, -0.2) is 4.68 Å². The Morgan fingerprint density at radius 1 is 1.09 bits per heavy atom. The molecule has 46 heavy (non-hydrogen) atoms. The summed E-state index contributed by atoms with van der Waals surface area (Å²) in [5, 5.41) is 17.6. The highest BCUT2D eigenvalue weighted by atomic mass is 35.5. The van der Waals surface area contributed by atoms with Gasteiger partial charge in [0.25, 0.3) is 0 Å². The van der Waals surface area contributed by atoms with Crippen molar-refractivity contribution in [3.05, 3.63) is 76.0 Å². The number of carboxylic acids is 1. The molecule has 2 aliphatic rings. The number of hydrogen-bond acceptors (Lipinski definition) is 8. The van der Waals surface area contributed by atoms with Gasteiger partial charge < -0.3 is 25.8 Å². The van der Waals surface area contributed by atoms with E-state index in [-0.39, 0.29) is 28.5 Å². The number of hydrogen-bond donors (Lipinski definition) is 3. The molecule has 2 aliphatic heterocycles. The van der Waals surface area contributed by atoms with Gasteiger partial charge in [-0.2, -0.15) is 28.2 Å². The molecule has 4 heterocycles. The quantitative estimate of drug-likeness (QED) is 0.208. The zero-order valence-corrected chi connectivity index (χ0v) is 26.1. The zero-order chi connectivity index (χ0) is 32.8. The molecule has 15 heteroatoms. The van der Waals surface area contributed by atoms with Crippen LogP contribution in [0, 0.1) is 12.3 Å². The van der Waals surface area contributed by atoms with Gasteiger partial charge in [-0.05, 0) is 73.1 Å². The van der Waals surface area contributed by atoms with Gasteiger partial charge in [0, 0.05) is 47.5 Å². The highest BCUT2D eigenvalue weighted by molar-refractivity contribution is 6.35. The molecule has 2 saturated heterocycles. The topological polar surface area (TPSA) is 131 Å². The second-order valence-electron chi connectivity index (χ2n) is 11.8. The SMILES string of the molecule is Cc1ccn(-c2cc(-c3cc(Cl)cc(Cl)c3)ccc2[C@@H](Oc2cc(N3CCC4(CC3)CN[C@H](C(=O)O)C4)nc(N)n2)C(F)(F)F)n1. The second kappa shape index (κ2) is 12.3. The first-order chi connectivity index (χ1) is 21.8. The van der Waals surface area contributed by atoms with Crippen molar-refractivity contribution >= 4 is 40.9 Å². The number of nitrogens with one attached hydrogen (secondary N) is 1. The number of piperidine rings is 1. The minimum atomic E-state index is -4.86. The Morgan fingerprint density at radius 2 is 1.80 bits per heavy atom. The monoisotopic (exact) mass is 675 g/mol. The first-order valence-corrected chi connectivity index (χ1v) is 15.3. The summed E-state index contributed by atoms with van der Waals surface area (Å²) in [6.07, 6.45) is -3.83. The van der Waals surface area contributed by atoms with Crippen molar-refractivity contribution in [1.29, 1.82) is 0 Å². The van der Waals surface area contributed by atoms with Gasteiger partial charge in [0.1, 0.15) is 11.9 Å². The predicted molar refractivity (Wildman–Crippen MR) is 168 cm³/mol. The lowest BCUT2D eigenvalue weighted by atomic mass is 9.76. The number of aryl methyl sites for hydroxylation is 1. The minimum absolute atomic E-state index is 0.137. The molecule has 0 amide bonds. The highest BCUT2D eigenvalue weighted by Crippen LogP contribution is 2.43. The molecular weight excluding hydrogens is 646 g/mol. The van der Waals surface area contributed by atoms with Crippen LogP contribution in [0.2, 0.25) is 10.0 Å². The van der Waals surface area contributed by atoms with Crippen LogP contribution in [0.3, 0.4) is 0 Å². The van der Waals surface area contributed by atoms with E-state index in [1.807, 2.05) is 4.90 Å². The Morgan fingerprint density at radius 3 is 2.41 bits per heavy atom. The fraction of sp³-hybridized carbons (Fsp3) is 0.355. The Balaban J connectivity index is 1.31. The number of anilines is 2. The summed E-state index contributed by atoms with van der Waals surface area (Å²) in [5.74, 6) is -1.13. The molecule has 0 bridgehead atoms. The largest absolute Gasteiger partial charge is 0.480 e. The summed E-state index contributed by atoms with van der Waals surface area (Å²) < 4.78 is 51.4. The van der Waals surface area contributed by atoms with Crippen LogP contribution >= 0.6 is 23.2 Å². The van der Waals surface area contributed by atoms with Gasteiger partial charge in [-0.1, -0.05) is 35.3 Å². The summed E-state index contributed by atoms with van der Waals surface area (Å²) in [4.78, 5) is 21.6. The van der Waals surface area contributed by atoms with Gasteiger partial charge in [-0.3, -0.25) is 4.79 Å². The van der Waals surface area contributed by atoms with E-state index >= 15 is 0 Å². The zero-order valence-electron chi connectivity index (χ0n) is 24.6. The van der Waals surface area contributed by atoms with Gasteiger partial charge in [0.05, 0.1) is 11.4 Å². The number of aliphatic carboxylic acids is 1. The number of aromatic nitrogens is 4. The van der Waals surface area contributed by atoms with E-state index in [4.69, 9.17) is 33.7 Å². The second-order valence-corrected chi connectivity index (χ2v) is 12.6. The third kappa shape index (κ3) is 6.72. The molecule has 0 aliphatic carbocycles. The van der Waals surface area contributed by atoms with E-state index in [9.17, 15) is 23.1 Å². The maximum absolute atomic E-state index is 14.8. The molecule has 4 aromatic rings. The Kier molecular flexibility index (Phi) is 8.51. The minimum Gasteiger partial charge on any atom is -0.480 e. The number of rotatable bonds is 7. The summed E-state index contributed by atoms with van der Waals surface area (Å²) >= 11 is 12.4. The van der Waals surface area contributed by atoms with Crippen LogP contribution in [-0.2, 0) is 4.79 Å². The number of ether oxygens (including phenoxy) is 1. The predicted octanol–water partition coefficient (Wildman–Crippen LogP) is 6.24. The van der Waals surface area contributed by atoms with Crippen LogP contribution in [0.25, 0.3) is 16.8 Å². The lowest BCUT2D eigenvalue weighted by Crippen LogP contribution is -2.41. The van der Waals surface area contributed by atoms with Crippen molar-refractivity contribution in [3.8, 4) is 22.7 Å². The molecule has 0 unspecified atom stereocenters. The molecule has 2 aromatic heterocycles. The first kappa shape index (κ1) is 31.9. The van der Waals surface area contributed by atoms with E-state index in [1.165, 1.54) is 22.9 Å². The van der Waals surface area contributed by atoms with Crippen LogP contribution in [0.15, 0.2) is 54.7 Å². The van der Waals surface area contributed by atoms with Crippen molar-refractivity contribution in [2.75, 3.05) is 30.3 Å². The lowest BCUT2D eigenvalue weighted by molar-refractivity contribution is -0.198. The fourth-order valence-corrected chi connectivity index (χ4v) is 6.70. The number of carboxylic acid groups (broad SMARTS) is 1. The van der Waals surface area contributed by atoms with Gasteiger partial charge in [0.15, 0.2) is 0 Å². The third-order valence-electron chi connectivity index (χ3n) is 8.53. The van der Waals surface area contributed by atoms with Gasteiger partial charge >= 0.3 is 12.1 Å². The number of carbonyl (C=O) groups is 1. The average Bonchev–Trinajstić information content (AvgIpc) is 3.61. The van der Waals surface area contributed by atoms with Crippen LogP contribution in [0.1, 0.15) is 36.6 Å². The standard InChI is InChI=1S/C31H30Cl2F3N7O3/c1-17-4-7-43(41-17)24-12-18(19-10-20(32)13-21(33)11-19)2-3-22(24)27(31(34,35)36)46-26-14-25(39-29(37)40-26)42-8-5-30(6-9-42)15-23(28(44)45)38-16-30/h2-4,7,10-14,23,27,38H,5-6,8-9,15-16H2,1H3,(H,44,45)(H2,37,39,40)/t23-,27+/m0/s1. The Labute approximate surface area is 272 Å². The summed E-state index contributed by atoms with van der Waals surface area (Å²) in [6.45, 7) is 3.36. The van der Waals surface area contributed by atoms with Crippen LogP contribution in [-0.4, -0.2) is 62.7 Å². The third-order valence-corrected chi connectivity index (χ3v) is 8.96. The number of nitrogens with two attached hydrogens (primary N) is 1. The maximum Gasteiger partial charge on any atom is 0.429 e. The number of nitrogen functional groups attached to an aromatic ring is 1. The van der Waals surface area contributed by atoms with Crippen molar-refractivity contribution < 1.29 is 27.8 Å².